The fourth-order valence-corrected chi connectivity index (χ4v) is 3.01. The maximum Gasteiger partial charge on any atom is 0.282 e. The summed E-state index contributed by atoms with van der Waals surface area (Å²) in [6.45, 7) is 0. The number of para-hydroxylation sites is 1. The molecule has 0 saturated heterocycles. The fourth-order valence-electron chi connectivity index (χ4n) is 3.01. The molecule has 1 aliphatic heterocycles. The average molecular weight is 345 g/mol. The number of nitro groups is 1. The smallest absolute Gasteiger partial charge is 0.267 e. The Kier molecular flexibility index (Phi) is 3.54. The van der Waals surface area contributed by atoms with E-state index in [-0.39, 0.29) is 11.3 Å². The number of carbonyl (C=O) groups is 2. The number of rotatable bonds is 3. The lowest BCUT2D eigenvalue weighted by Crippen LogP contribution is -2.36. The first-order valence-electron chi connectivity index (χ1n) is 7.76. The Morgan fingerprint density at radius 1 is 0.885 bits per heavy atom. The number of imide groups is 1. The first-order valence-corrected chi connectivity index (χ1v) is 7.76. The lowest BCUT2D eigenvalue weighted by atomic mass is 9.95. The first kappa shape index (κ1) is 15.6. The summed E-state index contributed by atoms with van der Waals surface area (Å²) in [5.74, 6) is -1.12. The van der Waals surface area contributed by atoms with Crippen LogP contribution in [0.4, 0.5) is 5.69 Å². The highest BCUT2D eigenvalue weighted by atomic mass is 16.6. The Hall–Kier alpha value is -3.87. The predicted octanol–water partition coefficient (Wildman–Crippen LogP) is 3.38. The average Bonchev–Trinajstić information content (AvgIpc) is 2.66. The minimum Gasteiger partial charge on any atom is -0.267 e. The SMILES string of the molecule is O=C1c2cccc3cccc(c23)C(=O)N1/N=C\c1ccccc1[N+](=O)[O-]. The summed E-state index contributed by atoms with van der Waals surface area (Å²) < 4.78 is 0. The Morgan fingerprint density at radius 2 is 1.50 bits per heavy atom. The zero-order valence-electron chi connectivity index (χ0n) is 13.3. The summed E-state index contributed by atoms with van der Waals surface area (Å²) in [6.07, 6.45) is 1.15. The Morgan fingerprint density at radius 3 is 2.12 bits per heavy atom. The van der Waals surface area contributed by atoms with E-state index in [0.717, 1.165) is 16.6 Å². The standard InChI is InChI=1S/C19H11N3O4/c23-18-14-8-3-6-12-7-4-9-15(17(12)14)19(24)21(18)20-11-13-5-1-2-10-16(13)22(25)26/h1-11H/b20-11-. The molecule has 0 spiro atoms. The van der Waals surface area contributed by atoms with Crippen molar-refractivity contribution in [1.82, 2.24) is 5.01 Å². The van der Waals surface area contributed by atoms with Crippen LogP contribution < -0.4 is 0 Å². The monoisotopic (exact) mass is 345 g/mol. The van der Waals surface area contributed by atoms with E-state index < -0.39 is 16.7 Å². The van der Waals surface area contributed by atoms with Gasteiger partial charge in [-0.15, -0.1) is 0 Å². The normalized spacial score (nSPS) is 13.6. The second-order valence-electron chi connectivity index (χ2n) is 5.69. The minimum absolute atomic E-state index is 0.157. The van der Waals surface area contributed by atoms with Gasteiger partial charge in [-0.3, -0.25) is 19.7 Å². The van der Waals surface area contributed by atoms with E-state index in [4.69, 9.17) is 0 Å². The van der Waals surface area contributed by atoms with Crippen LogP contribution in [0.15, 0.2) is 65.8 Å². The molecule has 0 unspecified atom stereocenters. The lowest BCUT2D eigenvalue weighted by molar-refractivity contribution is -0.385. The van der Waals surface area contributed by atoms with E-state index in [2.05, 4.69) is 5.10 Å². The number of carbonyl (C=O) groups excluding carboxylic acids is 2. The molecule has 0 aliphatic carbocycles. The molecule has 4 rings (SSSR count). The van der Waals surface area contributed by atoms with Crippen LogP contribution in [0.5, 0.6) is 0 Å². The highest BCUT2D eigenvalue weighted by molar-refractivity contribution is 6.25. The summed E-state index contributed by atoms with van der Waals surface area (Å²) in [4.78, 5) is 36.0. The van der Waals surface area contributed by atoms with Crippen molar-refractivity contribution in [2.75, 3.05) is 0 Å². The van der Waals surface area contributed by atoms with Gasteiger partial charge in [0.1, 0.15) is 0 Å². The third-order valence-corrected chi connectivity index (χ3v) is 4.20. The van der Waals surface area contributed by atoms with E-state index >= 15 is 0 Å². The summed E-state index contributed by atoms with van der Waals surface area (Å²) >= 11 is 0. The Labute approximate surface area is 147 Å². The predicted molar refractivity (Wildman–Crippen MR) is 95.1 cm³/mol. The van der Waals surface area contributed by atoms with Crippen LogP contribution in [-0.2, 0) is 0 Å². The zero-order chi connectivity index (χ0) is 18.3. The maximum atomic E-state index is 12.7. The van der Waals surface area contributed by atoms with Crippen LogP contribution in [0.1, 0.15) is 26.3 Å². The highest BCUT2D eigenvalue weighted by Crippen LogP contribution is 2.30. The first-order chi connectivity index (χ1) is 12.6. The van der Waals surface area contributed by atoms with Crippen molar-refractivity contribution >= 4 is 34.5 Å². The van der Waals surface area contributed by atoms with Gasteiger partial charge in [0.25, 0.3) is 17.5 Å². The van der Waals surface area contributed by atoms with E-state index in [1.807, 2.05) is 12.1 Å². The molecular weight excluding hydrogens is 334 g/mol. The molecule has 0 aromatic heterocycles. The van der Waals surface area contributed by atoms with Crippen molar-refractivity contribution < 1.29 is 14.5 Å². The van der Waals surface area contributed by atoms with Crippen LogP contribution in [0.3, 0.4) is 0 Å². The molecule has 1 aliphatic rings. The van der Waals surface area contributed by atoms with Gasteiger partial charge < -0.3 is 0 Å². The van der Waals surface area contributed by atoms with Gasteiger partial charge in [0, 0.05) is 11.5 Å². The molecule has 126 valence electrons. The van der Waals surface area contributed by atoms with Gasteiger partial charge in [-0.25, -0.2) is 0 Å². The third-order valence-electron chi connectivity index (χ3n) is 4.20. The van der Waals surface area contributed by atoms with Crippen LogP contribution >= 0.6 is 0 Å². The molecule has 1 heterocycles. The number of nitro benzene ring substituents is 1. The summed E-state index contributed by atoms with van der Waals surface area (Å²) in [5, 5.41) is 17.2. The van der Waals surface area contributed by atoms with Gasteiger partial charge in [-0.05, 0) is 23.6 Å². The Bertz CT molecular complexity index is 1070. The van der Waals surface area contributed by atoms with Crippen LogP contribution in [0.2, 0.25) is 0 Å². The second-order valence-corrected chi connectivity index (χ2v) is 5.69. The van der Waals surface area contributed by atoms with Crippen LogP contribution in [-0.4, -0.2) is 28.0 Å². The third kappa shape index (κ3) is 2.34. The number of hydrazone groups is 1. The molecule has 0 N–H and O–H groups in total. The maximum absolute atomic E-state index is 12.7. The summed E-state index contributed by atoms with van der Waals surface area (Å²) in [6, 6.07) is 16.4. The van der Waals surface area contributed by atoms with Crippen LogP contribution in [0, 0.1) is 10.1 Å². The molecular formula is C19H11N3O4. The molecule has 3 aromatic carbocycles. The molecule has 7 heteroatoms. The molecule has 0 saturated carbocycles. The second kappa shape index (κ2) is 5.89. The molecule has 0 bridgehead atoms. The number of hydrogen-bond acceptors (Lipinski definition) is 5. The molecule has 0 radical (unpaired) electrons. The van der Waals surface area contributed by atoms with Gasteiger partial charge in [-0.1, -0.05) is 36.4 Å². The number of amides is 2. The van der Waals surface area contributed by atoms with E-state index in [1.54, 1.807) is 30.3 Å². The topological polar surface area (TPSA) is 92.9 Å². The van der Waals surface area contributed by atoms with Crippen molar-refractivity contribution in [1.29, 1.82) is 0 Å². The van der Waals surface area contributed by atoms with Crippen molar-refractivity contribution in [3.63, 3.8) is 0 Å². The minimum atomic E-state index is -0.561. The molecule has 7 nitrogen and oxygen atoms in total. The largest absolute Gasteiger partial charge is 0.282 e. The lowest BCUT2D eigenvalue weighted by Gasteiger charge is -2.22. The quantitative estimate of drug-likeness (QED) is 0.315. The van der Waals surface area contributed by atoms with Gasteiger partial charge in [-0.2, -0.15) is 10.1 Å². The molecule has 0 fully saturated rings. The van der Waals surface area contributed by atoms with E-state index in [9.17, 15) is 19.7 Å². The van der Waals surface area contributed by atoms with Crippen molar-refractivity contribution in [3.05, 3.63) is 87.5 Å². The van der Waals surface area contributed by atoms with Gasteiger partial charge in [0.05, 0.1) is 27.8 Å². The highest BCUT2D eigenvalue weighted by Gasteiger charge is 2.32. The van der Waals surface area contributed by atoms with Gasteiger partial charge >= 0.3 is 0 Å². The number of benzene rings is 3. The molecule has 3 aromatic rings. The van der Waals surface area contributed by atoms with E-state index in [0.29, 0.717) is 16.5 Å². The molecule has 2 amide bonds. The molecule has 26 heavy (non-hydrogen) atoms. The van der Waals surface area contributed by atoms with Crippen molar-refractivity contribution in [3.8, 4) is 0 Å². The van der Waals surface area contributed by atoms with Crippen molar-refractivity contribution in [2.24, 2.45) is 5.10 Å². The van der Waals surface area contributed by atoms with Crippen molar-refractivity contribution in [2.45, 2.75) is 0 Å². The molecule has 0 atom stereocenters. The van der Waals surface area contributed by atoms with Gasteiger partial charge in [0.15, 0.2) is 0 Å². The zero-order valence-corrected chi connectivity index (χ0v) is 13.3. The number of nitrogens with zero attached hydrogens (tertiary/aromatic N) is 3. The summed E-state index contributed by atoms with van der Waals surface area (Å²) in [7, 11) is 0. The summed E-state index contributed by atoms with van der Waals surface area (Å²) in [5.41, 5.74) is 0.792. The van der Waals surface area contributed by atoms with E-state index in [1.165, 1.54) is 18.2 Å². The van der Waals surface area contributed by atoms with Crippen LogP contribution in [0.25, 0.3) is 10.8 Å². The fraction of sp³-hybridized carbons (Fsp3) is 0. The Balaban J connectivity index is 1.79. The van der Waals surface area contributed by atoms with Gasteiger partial charge in [0.2, 0.25) is 0 Å². The number of hydrogen-bond donors (Lipinski definition) is 0.